The van der Waals surface area contributed by atoms with Gasteiger partial charge in [0.05, 0.1) is 6.10 Å². The number of ether oxygens (including phenoxy) is 2. The van der Waals surface area contributed by atoms with Crippen LogP contribution < -0.4 is 0 Å². The summed E-state index contributed by atoms with van der Waals surface area (Å²) < 4.78 is 10.7. The third-order valence-corrected chi connectivity index (χ3v) is 4.94. The summed E-state index contributed by atoms with van der Waals surface area (Å²) in [7, 11) is 0. The van der Waals surface area contributed by atoms with E-state index < -0.39 is 0 Å². The molecule has 0 saturated carbocycles. The molecule has 1 atom stereocenters. The van der Waals surface area contributed by atoms with E-state index in [9.17, 15) is 4.79 Å². The molecule has 142 valence electrons. The van der Waals surface area contributed by atoms with Gasteiger partial charge in [-0.05, 0) is 19.3 Å². The van der Waals surface area contributed by atoms with Crippen LogP contribution in [0, 0.1) is 0 Å². The molecule has 0 N–H and O–H groups in total. The van der Waals surface area contributed by atoms with Crippen LogP contribution >= 0.6 is 0 Å². The molecule has 0 aromatic heterocycles. The van der Waals surface area contributed by atoms with Gasteiger partial charge in [-0.25, -0.2) is 0 Å². The quantitative estimate of drug-likeness (QED) is 0.248. The van der Waals surface area contributed by atoms with Crippen LogP contribution in [0.5, 0.6) is 0 Å². The third-order valence-electron chi connectivity index (χ3n) is 4.94. The molecular formula is C21H40O3. The lowest BCUT2D eigenvalue weighted by molar-refractivity contribution is -0.147. The first-order chi connectivity index (χ1) is 11.8. The summed E-state index contributed by atoms with van der Waals surface area (Å²) in [6.07, 6.45) is 20.2. The van der Waals surface area contributed by atoms with Crippen LogP contribution in [-0.2, 0) is 14.3 Å². The maximum atomic E-state index is 11.6. The lowest BCUT2D eigenvalue weighted by atomic mass is 10.0. The van der Waals surface area contributed by atoms with Gasteiger partial charge < -0.3 is 9.47 Å². The molecule has 0 bridgehead atoms. The predicted octanol–water partition coefficient (Wildman–Crippen LogP) is 6.19. The highest BCUT2D eigenvalue weighted by Gasteiger charge is 2.17. The number of esters is 1. The monoisotopic (exact) mass is 340 g/mol. The maximum absolute atomic E-state index is 11.6. The first-order valence-electron chi connectivity index (χ1n) is 10.6. The SMILES string of the molecule is CCCCCCCCCCCCCCCC(=O)OCC1CCCO1. The zero-order valence-corrected chi connectivity index (χ0v) is 16.0. The summed E-state index contributed by atoms with van der Waals surface area (Å²) in [5.41, 5.74) is 0. The molecule has 1 aliphatic heterocycles. The molecule has 1 aliphatic rings. The van der Waals surface area contributed by atoms with Crippen molar-refractivity contribution in [3.63, 3.8) is 0 Å². The van der Waals surface area contributed by atoms with Gasteiger partial charge in [0.2, 0.25) is 0 Å². The van der Waals surface area contributed by atoms with E-state index in [2.05, 4.69) is 6.92 Å². The minimum Gasteiger partial charge on any atom is -0.463 e. The van der Waals surface area contributed by atoms with Crippen molar-refractivity contribution in [1.82, 2.24) is 0 Å². The normalized spacial score (nSPS) is 17.3. The van der Waals surface area contributed by atoms with Gasteiger partial charge in [-0.15, -0.1) is 0 Å². The summed E-state index contributed by atoms with van der Waals surface area (Å²) >= 11 is 0. The Morgan fingerprint density at radius 3 is 1.92 bits per heavy atom. The number of hydrogen-bond acceptors (Lipinski definition) is 3. The lowest BCUT2D eigenvalue weighted by Gasteiger charge is -2.10. The summed E-state index contributed by atoms with van der Waals surface area (Å²) in [4.78, 5) is 11.6. The summed E-state index contributed by atoms with van der Waals surface area (Å²) in [6.45, 7) is 3.55. The smallest absolute Gasteiger partial charge is 0.305 e. The van der Waals surface area contributed by atoms with Crippen LogP contribution in [0.3, 0.4) is 0 Å². The number of unbranched alkanes of at least 4 members (excludes halogenated alkanes) is 12. The predicted molar refractivity (Wildman–Crippen MR) is 100 cm³/mol. The topological polar surface area (TPSA) is 35.5 Å². The van der Waals surface area contributed by atoms with Gasteiger partial charge in [-0.3, -0.25) is 4.79 Å². The highest BCUT2D eigenvalue weighted by molar-refractivity contribution is 5.69. The second kappa shape index (κ2) is 15.9. The van der Waals surface area contributed by atoms with E-state index in [-0.39, 0.29) is 12.1 Å². The van der Waals surface area contributed by atoms with E-state index in [0.717, 1.165) is 32.3 Å². The van der Waals surface area contributed by atoms with Crippen LogP contribution in [0.2, 0.25) is 0 Å². The number of carbonyl (C=O) groups excluding carboxylic acids is 1. The van der Waals surface area contributed by atoms with E-state index in [1.165, 1.54) is 70.6 Å². The van der Waals surface area contributed by atoms with Crippen molar-refractivity contribution >= 4 is 5.97 Å². The Bertz CT molecular complexity index is 285. The van der Waals surface area contributed by atoms with Crippen LogP contribution in [0.15, 0.2) is 0 Å². The Kier molecular flexibility index (Phi) is 14.3. The van der Waals surface area contributed by atoms with E-state index in [0.29, 0.717) is 13.0 Å². The van der Waals surface area contributed by atoms with Crippen molar-refractivity contribution in [2.45, 2.75) is 116 Å². The molecule has 1 rings (SSSR count). The summed E-state index contributed by atoms with van der Waals surface area (Å²) in [5.74, 6) is -0.0476. The van der Waals surface area contributed by atoms with Crippen LogP contribution in [0.25, 0.3) is 0 Å². The fraction of sp³-hybridized carbons (Fsp3) is 0.952. The Labute approximate surface area is 149 Å². The van der Waals surface area contributed by atoms with Crippen molar-refractivity contribution in [2.75, 3.05) is 13.2 Å². The van der Waals surface area contributed by atoms with Gasteiger partial charge in [0.1, 0.15) is 6.61 Å². The van der Waals surface area contributed by atoms with Crippen LogP contribution in [-0.4, -0.2) is 25.3 Å². The van der Waals surface area contributed by atoms with Crippen molar-refractivity contribution in [3.05, 3.63) is 0 Å². The van der Waals surface area contributed by atoms with Gasteiger partial charge in [-0.2, -0.15) is 0 Å². The molecule has 24 heavy (non-hydrogen) atoms. The summed E-state index contributed by atoms with van der Waals surface area (Å²) in [6, 6.07) is 0. The molecule has 3 nitrogen and oxygen atoms in total. The molecule has 0 aromatic carbocycles. The van der Waals surface area contributed by atoms with Gasteiger partial charge in [-0.1, -0.05) is 84.0 Å². The average molecular weight is 341 g/mol. The molecule has 0 aliphatic carbocycles. The maximum Gasteiger partial charge on any atom is 0.305 e. The molecular weight excluding hydrogens is 300 g/mol. The minimum absolute atomic E-state index is 0.0476. The van der Waals surface area contributed by atoms with E-state index in [1.54, 1.807) is 0 Å². The number of hydrogen-bond donors (Lipinski definition) is 0. The molecule has 1 unspecified atom stereocenters. The van der Waals surface area contributed by atoms with Crippen molar-refractivity contribution in [2.24, 2.45) is 0 Å². The van der Waals surface area contributed by atoms with E-state index >= 15 is 0 Å². The highest BCUT2D eigenvalue weighted by atomic mass is 16.6. The zero-order chi connectivity index (χ0) is 17.3. The zero-order valence-electron chi connectivity index (χ0n) is 16.0. The molecule has 0 aromatic rings. The Balaban J connectivity index is 1.73. The van der Waals surface area contributed by atoms with Crippen LogP contribution in [0.4, 0.5) is 0 Å². The first kappa shape index (κ1) is 21.5. The van der Waals surface area contributed by atoms with Crippen molar-refractivity contribution in [3.8, 4) is 0 Å². The van der Waals surface area contributed by atoms with Gasteiger partial charge in [0, 0.05) is 13.0 Å². The second-order valence-electron chi connectivity index (χ2n) is 7.31. The highest BCUT2D eigenvalue weighted by Crippen LogP contribution is 2.14. The lowest BCUT2D eigenvalue weighted by Crippen LogP contribution is -2.17. The summed E-state index contributed by atoms with van der Waals surface area (Å²) in [5, 5.41) is 0. The van der Waals surface area contributed by atoms with E-state index in [1.807, 2.05) is 0 Å². The molecule has 1 fully saturated rings. The van der Waals surface area contributed by atoms with Gasteiger partial charge >= 0.3 is 5.97 Å². The van der Waals surface area contributed by atoms with E-state index in [4.69, 9.17) is 9.47 Å². The molecule has 0 radical (unpaired) electrons. The second-order valence-corrected chi connectivity index (χ2v) is 7.31. The van der Waals surface area contributed by atoms with Gasteiger partial charge in [0.25, 0.3) is 0 Å². The fourth-order valence-corrected chi connectivity index (χ4v) is 3.32. The third kappa shape index (κ3) is 12.8. The Hall–Kier alpha value is -0.570. The standard InChI is InChI=1S/C21H40O3/c1-2-3-4-5-6-7-8-9-10-11-12-13-14-17-21(22)24-19-20-16-15-18-23-20/h20H,2-19H2,1H3. The van der Waals surface area contributed by atoms with Crippen molar-refractivity contribution in [1.29, 1.82) is 0 Å². The van der Waals surface area contributed by atoms with Crippen molar-refractivity contribution < 1.29 is 14.3 Å². The number of rotatable bonds is 16. The molecule has 1 saturated heterocycles. The number of carbonyl (C=O) groups is 1. The van der Waals surface area contributed by atoms with Crippen LogP contribution in [0.1, 0.15) is 110 Å². The molecule has 1 heterocycles. The Morgan fingerprint density at radius 2 is 1.42 bits per heavy atom. The first-order valence-corrected chi connectivity index (χ1v) is 10.6. The largest absolute Gasteiger partial charge is 0.463 e. The fourth-order valence-electron chi connectivity index (χ4n) is 3.32. The molecule has 0 spiro atoms. The average Bonchev–Trinajstić information content (AvgIpc) is 3.10. The Morgan fingerprint density at radius 1 is 0.875 bits per heavy atom. The molecule has 0 amide bonds. The van der Waals surface area contributed by atoms with Gasteiger partial charge in [0.15, 0.2) is 0 Å². The molecule has 3 heteroatoms. The minimum atomic E-state index is -0.0476.